The molecule has 11 nitrogen and oxygen atoms in total. The van der Waals surface area contributed by atoms with Gasteiger partial charge in [0.15, 0.2) is 0 Å². The zero-order valence-electron chi connectivity index (χ0n) is 20.2. The van der Waals surface area contributed by atoms with Crippen LogP contribution < -0.4 is 20.6 Å². The molecule has 202 valence electrons. The van der Waals surface area contributed by atoms with Gasteiger partial charge in [-0.3, -0.25) is 0 Å². The van der Waals surface area contributed by atoms with Gasteiger partial charge in [-0.25, -0.2) is 4.79 Å². The maximum Gasteiger partial charge on any atom is 0.317 e. The van der Waals surface area contributed by atoms with Crippen LogP contribution in [-0.2, 0) is 14.4 Å². The van der Waals surface area contributed by atoms with Gasteiger partial charge in [-0.1, -0.05) is 37.6 Å². The molecule has 0 saturated carbocycles. The standard InChI is InChI=1S/C17H26ClN3OS.C6H8O7/c1-3-20(4-2)12-10-19-17(22)21-11-9-14(13-21)23-16-8-6-5-7-15(16)18;7-3(8)1-6(13,5(11)12)2-4(9)10/h5-8,14H,3-4,9-13H2,1-2H3,(H,19,22);13H,1-2H2,(H,7,8)(H,9,10)(H,11,12)/p-3. The number of aliphatic carboxylic acids is 3. The molecule has 0 bridgehead atoms. The van der Waals surface area contributed by atoms with E-state index >= 15 is 0 Å². The Kier molecular flexibility index (Phi) is 13.6. The third-order valence-corrected chi connectivity index (χ3v) is 7.18. The highest BCUT2D eigenvalue weighted by molar-refractivity contribution is 8.00. The van der Waals surface area contributed by atoms with Gasteiger partial charge in [-0.2, -0.15) is 0 Å². The Morgan fingerprint density at radius 3 is 2.22 bits per heavy atom. The van der Waals surface area contributed by atoms with E-state index in [-0.39, 0.29) is 6.03 Å². The monoisotopic (exact) mass is 544 g/mol. The normalized spacial score (nSPS) is 15.2. The largest absolute Gasteiger partial charge is 0.550 e. The van der Waals surface area contributed by atoms with Gasteiger partial charge >= 0.3 is 6.03 Å². The van der Waals surface area contributed by atoms with E-state index in [1.54, 1.807) is 11.8 Å². The van der Waals surface area contributed by atoms with Crippen molar-refractivity contribution in [2.24, 2.45) is 0 Å². The molecule has 1 heterocycles. The summed E-state index contributed by atoms with van der Waals surface area (Å²) >= 11 is 7.98. The number of rotatable bonds is 12. The van der Waals surface area contributed by atoms with Crippen LogP contribution in [0.1, 0.15) is 33.1 Å². The van der Waals surface area contributed by atoms with Crippen LogP contribution in [0.25, 0.3) is 0 Å². The molecule has 2 rings (SSSR count). The summed E-state index contributed by atoms with van der Waals surface area (Å²) in [6, 6.07) is 7.95. The van der Waals surface area contributed by atoms with Crippen molar-refractivity contribution >= 4 is 47.3 Å². The third kappa shape index (κ3) is 11.0. The Labute approximate surface area is 219 Å². The van der Waals surface area contributed by atoms with Crippen LogP contribution in [0.15, 0.2) is 29.2 Å². The summed E-state index contributed by atoms with van der Waals surface area (Å²) in [7, 11) is 0. The van der Waals surface area contributed by atoms with Crippen LogP contribution in [0.2, 0.25) is 5.02 Å². The fourth-order valence-electron chi connectivity index (χ4n) is 3.39. The van der Waals surface area contributed by atoms with Gasteiger partial charge in [0.25, 0.3) is 0 Å². The number of nitrogens with one attached hydrogen (secondary N) is 1. The number of benzene rings is 1. The lowest BCUT2D eigenvalue weighted by Crippen LogP contribution is -2.54. The summed E-state index contributed by atoms with van der Waals surface area (Å²) in [5.41, 5.74) is -2.97. The van der Waals surface area contributed by atoms with Crippen molar-refractivity contribution < 1.29 is 39.6 Å². The zero-order valence-corrected chi connectivity index (χ0v) is 21.8. The van der Waals surface area contributed by atoms with Crippen LogP contribution in [0.5, 0.6) is 0 Å². The average Bonchev–Trinajstić information content (AvgIpc) is 3.26. The average molecular weight is 545 g/mol. The van der Waals surface area contributed by atoms with Crippen LogP contribution >= 0.6 is 23.4 Å². The summed E-state index contributed by atoms with van der Waals surface area (Å²) in [4.78, 5) is 47.5. The number of carbonyl (C=O) groups excluding carboxylic acids is 4. The number of urea groups is 1. The molecule has 1 saturated heterocycles. The Morgan fingerprint density at radius 2 is 1.72 bits per heavy atom. The number of nitrogens with zero attached hydrogens (tertiary/aromatic N) is 2. The van der Waals surface area contributed by atoms with Crippen LogP contribution in [0.3, 0.4) is 0 Å². The maximum absolute atomic E-state index is 12.2. The highest BCUT2D eigenvalue weighted by Crippen LogP contribution is 2.34. The number of carboxylic acid groups (broad SMARTS) is 3. The van der Waals surface area contributed by atoms with Crippen molar-refractivity contribution in [1.29, 1.82) is 0 Å². The van der Waals surface area contributed by atoms with Crippen LogP contribution in [-0.4, -0.2) is 89.0 Å². The molecule has 0 radical (unpaired) electrons. The van der Waals surface area contributed by atoms with E-state index in [0.717, 1.165) is 49.1 Å². The summed E-state index contributed by atoms with van der Waals surface area (Å²) in [6.07, 6.45) is -1.70. The van der Waals surface area contributed by atoms with Gasteiger partial charge in [0.2, 0.25) is 0 Å². The number of halogens is 1. The van der Waals surface area contributed by atoms with Crippen LogP contribution in [0.4, 0.5) is 4.79 Å². The van der Waals surface area contributed by atoms with Gasteiger partial charge in [0, 0.05) is 61.1 Å². The van der Waals surface area contributed by atoms with Crippen molar-refractivity contribution in [3.05, 3.63) is 29.3 Å². The minimum absolute atomic E-state index is 0.0550. The van der Waals surface area contributed by atoms with E-state index in [1.807, 2.05) is 29.2 Å². The van der Waals surface area contributed by atoms with E-state index in [1.165, 1.54) is 0 Å². The number of carbonyl (C=O) groups is 4. The molecule has 1 aromatic rings. The van der Waals surface area contributed by atoms with Crippen molar-refractivity contribution in [2.45, 2.75) is 48.9 Å². The van der Waals surface area contributed by atoms with E-state index in [9.17, 15) is 34.5 Å². The first-order valence-corrected chi connectivity index (χ1v) is 12.7. The molecule has 1 aliphatic heterocycles. The molecule has 1 fully saturated rings. The molecule has 0 spiro atoms. The zero-order chi connectivity index (χ0) is 27.3. The van der Waals surface area contributed by atoms with Crippen molar-refractivity contribution in [2.75, 3.05) is 39.3 Å². The molecule has 1 unspecified atom stereocenters. The van der Waals surface area contributed by atoms with Crippen LogP contribution in [0, 0.1) is 0 Å². The molecular weight excluding hydrogens is 514 g/mol. The van der Waals surface area contributed by atoms with E-state index in [0.29, 0.717) is 11.8 Å². The molecule has 2 amide bonds. The predicted octanol–water partition coefficient (Wildman–Crippen LogP) is -1.69. The lowest BCUT2D eigenvalue weighted by Gasteiger charge is -2.29. The van der Waals surface area contributed by atoms with Gasteiger partial charge < -0.3 is 49.9 Å². The Bertz CT molecular complexity index is 884. The first-order valence-electron chi connectivity index (χ1n) is 11.4. The van der Waals surface area contributed by atoms with Crippen molar-refractivity contribution in [1.82, 2.24) is 15.1 Å². The van der Waals surface area contributed by atoms with E-state index in [2.05, 4.69) is 24.1 Å². The number of hydrogen-bond acceptors (Lipinski definition) is 10. The van der Waals surface area contributed by atoms with Gasteiger partial charge in [-0.15, -0.1) is 11.8 Å². The molecule has 1 aromatic carbocycles. The SMILES string of the molecule is CCN(CC)CCNC(=O)N1CCC(Sc2ccccc2Cl)C1.O=C([O-])CC(O)(CC(=O)[O-])C(=O)[O-]. The summed E-state index contributed by atoms with van der Waals surface area (Å²) in [5.74, 6) is -5.98. The first-order chi connectivity index (χ1) is 16.9. The number of likely N-dealkylation sites (N-methyl/N-ethyl adjacent to an activating group) is 1. The summed E-state index contributed by atoms with van der Waals surface area (Å²) in [6.45, 7) is 9.54. The smallest absolute Gasteiger partial charge is 0.317 e. The molecule has 0 aliphatic carbocycles. The topological polar surface area (TPSA) is 176 Å². The highest BCUT2D eigenvalue weighted by atomic mass is 35.5. The second-order valence-electron chi connectivity index (χ2n) is 8.08. The second-order valence-corrected chi connectivity index (χ2v) is 9.83. The lowest BCUT2D eigenvalue weighted by atomic mass is 9.96. The number of thioether (sulfide) groups is 1. The molecule has 1 atom stereocenters. The highest BCUT2D eigenvalue weighted by Gasteiger charge is 2.29. The minimum Gasteiger partial charge on any atom is -0.550 e. The minimum atomic E-state index is -2.97. The summed E-state index contributed by atoms with van der Waals surface area (Å²) < 4.78 is 0. The Balaban J connectivity index is 0.000000426. The molecule has 36 heavy (non-hydrogen) atoms. The molecule has 2 N–H and O–H groups in total. The number of carboxylic acids is 3. The Morgan fingerprint density at radius 1 is 1.14 bits per heavy atom. The van der Waals surface area contributed by atoms with Crippen molar-refractivity contribution in [3.63, 3.8) is 0 Å². The molecule has 13 heteroatoms. The van der Waals surface area contributed by atoms with E-state index in [4.69, 9.17) is 16.7 Å². The van der Waals surface area contributed by atoms with Gasteiger partial charge in [0.05, 0.1) is 11.0 Å². The van der Waals surface area contributed by atoms with Crippen molar-refractivity contribution in [3.8, 4) is 0 Å². The summed E-state index contributed by atoms with van der Waals surface area (Å²) in [5, 5.41) is 43.2. The fraction of sp³-hybridized carbons (Fsp3) is 0.565. The third-order valence-electron chi connectivity index (χ3n) is 5.41. The number of hydrogen-bond donors (Lipinski definition) is 2. The second kappa shape index (κ2) is 15.5. The maximum atomic E-state index is 12.2. The molecular formula is C23H31ClN3O8S-3. The molecule has 1 aliphatic rings. The first kappa shape index (κ1) is 31.5. The predicted molar refractivity (Wildman–Crippen MR) is 128 cm³/mol. The number of amides is 2. The van der Waals surface area contributed by atoms with Gasteiger partial charge in [0.1, 0.15) is 5.60 Å². The van der Waals surface area contributed by atoms with Gasteiger partial charge in [-0.05, 0) is 31.6 Å². The lowest BCUT2D eigenvalue weighted by molar-refractivity contribution is -0.339. The number of aliphatic hydroxyl groups is 1. The molecule has 0 aromatic heterocycles. The fourth-order valence-corrected chi connectivity index (χ4v) is 4.83. The Hall–Kier alpha value is -2.54. The quantitative estimate of drug-likeness (QED) is 0.308. The number of likely N-dealkylation sites (tertiary alicyclic amines) is 1. The van der Waals surface area contributed by atoms with E-state index < -0.39 is 36.4 Å².